The van der Waals surface area contributed by atoms with Crippen molar-refractivity contribution in [2.24, 2.45) is 5.92 Å². The molecule has 0 aliphatic carbocycles. The number of hydrogen-bond donors (Lipinski definition) is 1. The molecule has 1 aliphatic rings. The van der Waals surface area contributed by atoms with Crippen LogP contribution in [0.1, 0.15) is 13.3 Å². The summed E-state index contributed by atoms with van der Waals surface area (Å²) in [6, 6.07) is 0. The molecule has 1 saturated heterocycles. The second-order valence-corrected chi connectivity index (χ2v) is 2.42. The monoisotopic (exact) mass is 145 g/mol. The number of nitrogens with one attached hydrogen (secondary N) is 1. The van der Waals surface area contributed by atoms with Crippen molar-refractivity contribution in [1.82, 2.24) is 5.32 Å². The predicted molar refractivity (Wildman–Crippen MR) is 31.8 cm³/mol. The minimum absolute atomic E-state index is 0.188. The van der Waals surface area contributed by atoms with Crippen LogP contribution in [0.4, 0.5) is 4.39 Å². The third kappa shape index (κ3) is 1.15. The number of carbonyl (C=O) groups excluding carboxylic acids is 2. The van der Waals surface area contributed by atoms with Gasteiger partial charge < -0.3 is 0 Å². The maximum atomic E-state index is 12.6. The molecule has 2 amide bonds. The Morgan fingerprint density at radius 2 is 2.20 bits per heavy atom. The summed E-state index contributed by atoms with van der Waals surface area (Å²) >= 11 is 0. The smallest absolute Gasteiger partial charge is 0.232 e. The van der Waals surface area contributed by atoms with Gasteiger partial charge in [0.1, 0.15) is 6.17 Å². The highest BCUT2D eigenvalue weighted by Gasteiger charge is 2.32. The number of amides is 2. The van der Waals surface area contributed by atoms with Crippen LogP contribution in [0.3, 0.4) is 0 Å². The van der Waals surface area contributed by atoms with Gasteiger partial charge in [0.05, 0.1) is 12.3 Å². The minimum Gasteiger partial charge on any atom is -0.296 e. The third-order valence-electron chi connectivity index (χ3n) is 1.60. The van der Waals surface area contributed by atoms with E-state index in [1.54, 1.807) is 0 Å². The summed E-state index contributed by atoms with van der Waals surface area (Å²) in [4.78, 5) is 21.1. The van der Waals surface area contributed by atoms with Gasteiger partial charge >= 0.3 is 0 Å². The molecule has 10 heavy (non-hydrogen) atoms. The van der Waals surface area contributed by atoms with Crippen LogP contribution in [0, 0.1) is 5.92 Å². The summed E-state index contributed by atoms with van der Waals surface area (Å²) < 4.78 is 12.6. The van der Waals surface area contributed by atoms with Crippen LogP contribution in [0.25, 0.3) is 0 Å². The lowest BCUT2D eigenvalue weighted by Gasteiger charge is -2.20. The zero-order chi connectivity index (χ0) is 7.72. The molecule has 0 aromatic heterocycles. The molecule has 0 spiro atoms. The molecule has 0 radical (unpaired) electrons. The number of imide groups is 1. The Kier molecular flexibility index (Phi) is 1.70. The number of halogens is 1. The van der Waals surface area contributed by atoms with Crippen LogP contribution in [0.2, 0.25) is 0 Å². The second kappa shape index (κ2) is 2.36. The highest BCUT2D eigenvalue weighted by molar-refractivity contribution is 5.99. The largest absolute Gasteiger partial charge is 0.296 e. The fraction of sp³-hybridized carbons (Fsp3) is 0.667. The number of carbonyl (C=O) groups is 2. The second-order valence-electron chi connectivity index (χ2n) is 2.42. The molecule has 0 bridgehead atoms. The van der Waals surface area contributed by atoms with E-state index in [0.717, 1.165) is 0 Å². The first-order valence-corrected chi connectivity index (χ1v) is 3.09. The van der Waals surface area contributed by atoms with Crippen LogP contribution in [-0.2, 0) is 9.59 Å². The molecule has 1 rings (SSSR count). The lowest BCUT2D eigenvalue weighted by atomic mass is 9.98. The first-order chi connectivity index (χ1) is 4.61. The average Bonchev–Trinajstić information content (AvgIpc) is 1.82. The SMILES string of the molecule is CC1C(=O)NC(=O)CC1F. The molecular formula is C6H8FNO2. The van der Waals surface area contributed by atoms with E-state index >= 15 is 0 Å². The van der Waals surface area contributed by atoms with Gasteiger partial charge in [0.15, 0.2) is 0 Å². The molecule has 2 unspecified atom stereocenters. The van der Waals surface area contributed by atoms with Crippen LogP contribution in [-0.4, -0.2) is 18.0 Å². The Hall–Kier alpha value is -0.930. The van der Waals surface area contributed by atoms with E-state index in [0.29, 0.717) is 0 Å². The number of hydrogen-bond acceptors (Lipinski definition) is 2. The van der Waals surface area contributed by atoms with Crippen molar-refractivity contribution in [3.05, 3.63) is 0 Å². The quantitative estimate of drug-likeness (QED) is 0.488. The van der Waals surface area contributed by atoms with Crippen molar-refractivity contribution in [3.63, 3.8) is 0 Å². The van der Waals surface area contributed by atoms with E-state index < -0.39 is 23.9 Å². The molecule has 1 fully saturated rings. The summed E-state index contributed by atoms with van der Waals surface area (Å²) in [5.74, 6) is -1.71. The molecule has 1 heterocycles. The van der Waals surface area contributed by atoms with Gasteiger partial charge in [0, 0.05) is 0 Å². The van der Waals surface area contributed by atoms with Gasteiger partial charge in [-0.25, -0.2) is 4.39 Å². The van der Waals surface area contributed by atoms with Crippen LogP contribution in [0.5, 0.6) is 0 Å². The number of alkyl halides is 1. The topological polar surface area (TPSA) is 46.2 Å². The van der Waals surface area contributed by atoms with Crippen LogP contribution < -0.4 is 5.32 Å². The molecule has 1 N–H and O–H groups in total. The van der Waals surface area contributed by atoms with Crippen molar-refractivity contribution in [2.75, 3.05) is 0 Å². The maximum absolute atomic E-state index is 12.6. The van der Waals surface area contributed by atoms with Gasteiger partial charge in [-0.2, -0.15) is 0 Å². The number of rotatable bonds is 0. The lowest BCUT2D eigenvalue weighted by Crippen LogP contribution is -2.45. The highest BCUT2D eigenvalue weighted by Crippen LogP contribution is 2.15. The molecular weight excluding hydrogens is 137 g/mol. The Bertz CT molecular complexity index is 181. The fourth-order valence-electron chi connectivity index (χ4n) is 0.820. The van der Waals surface area contributed by atoms with E-state index in [4.69, 9.17) is 0 Å². The van der Waals surface area contributed by atoms with Gasteiger partial charge in [-0.1, -0.05) is 6.92 Å². The standard InChI is InChI=1S/C6H8FNO2/c1-3-4(7)2-5(9)8-6(3)10/h3-4H,2H2,1H3,(H,8,9,10). The fourth-order valence-corrected chi connectivity index (χ4v) is 0.820. The third-order valence-corrected chi connectivity index (χ3v) is 1.60. The molecule has 1 aliphatic heterocycles. The van der Waals surface area contributed by atoms with Crippen molar-refractivity contribution in [1.29, 1.82) is 0 Å². The van der Waals surface area contributed by atoms with Gasteiger partial charge in [0.2, 0.25) is 11.8 Å². The highest BCUT2D eigenvalue weighted by atomic mass is 19.1. The molecule has 4 heteroatoms. The predicted octanol–water partition coefficient (Wildman–Crippen LogP) is 0.00710. The number of piperidine rings is 1. The van der Waals surface area contributed by atoms with E-state index in [-0.39, 0.29) is 6.42 Å². The summed E-state index contributed by atoms with van der Waals surface area (Å²) in [7, 11) is 0. The first-order valence-electron chi connectivity index (χ1n) is 3.09. The van der Waals surface area contributed by atoms with Crippen molar-refractivity contribution in [3.8, 4) is 0 Å². The Balaban J connectivity index is 2.66. The minimum atomic E-state index is -1.30. The lowest BCUT2D eigenvalue weighted by molar-refractivity contribution is -0.138. The van der Waals surface area contributed by atoms with Gasteiger partial charge in [-0.15, -0.1) is 0 Å². The average molecular weight is 145 g/mol. The Labute approximate surface area is 57.6 Å². The van der Waals surface area contributed by atoms with Crippen LogP contribution in [0.15, 0.2) is 0 Å². The Morgan fingerprint density at radius 1 is 1.60 bits per heavy atom. The summed E-state index contributed by atoms with van der Waals surface area (Å²) in [6.45, 7) is 1.46. The van der Waals surface area contributed by atoms with E-state index in [1.807, 2.05) is 5.32 Å². The molecule has 0 aromatic carbocycles. The van der Waals surface area contributed by atoms with E-state index in [2.05, 4.69) is 0 Å². The molecule has 0 saturated carbocycles. The maximum Gasteiger partial charge on any atom is 0.232 e. The van der Waals surface area contributed by atoms with E-state index in [9.17, 15) is 14.0 Å². The van der Waals surface area contributed by atoms with Gasteiger partial charge in [-0.3, -0.25) is 14.9 Å². The summed E-state index contributed by atoms with van der Waals surface area (Å²) in [5.41, 5.74) is 0. The summed E-state index contributed by atoms with van der Waals surface area (Å²) in [5, 5.41) is 2.04. The van der Waals surface area contributed by atoms with Crippen LogP contribution >= 0.6 is 0 Å². The van der Waals surface area contributed by atoms with Crippen molar-refractivity contribution < 1.29 is 14.0 Å². The van der Waals surface area contributed by atoms with Gasteiger partial charge in [-0.05, 0) is 0 Å². The van der Waals surface area contributed by atoms with Crippen molar-refractivity contribution >= 4 is 11.8 Å². The molecule has 56 valence electrons. The zero-order valence-corrected chi connectivity index (χ0v) is 5.56. The summed E-state index contributed by atoms with van der Waals surface area (Å²) in [6.07, 6.45) is -1.49. The molecule has 0 aromatic rings. The first kappa shape index (κ1) is 7.18. The van der Waals surface area contributed by atoms with E-state index in [1.165, 1.54) is 6.92 Å². The van der Waals surface area contributed by atoms with Gasteiger partial charge in [0.25, 0.3) is 0 Å². The molecule has 3 nitrogen and oxygen atoms in total. The normalized spacial score (nSPS) is 33.8. The zero-order valence-electron chi connectivity index (χ0n) is 5.56. The Morgan fingerprint density at radius 3 is 2.70 bits per heavy atom. The van der Waals surface area contributed by atoms with Crippen molar-refractivity contribution in [2.45, 2.75) is 19.5 Å². The molecule has 2 atom stereocenters.